The number of aliphatic carboxylic acids is 1. The highest BCUT2D eigenvalue weighted by Gasteiger charge is 2.36. The lowest BCUT2D eigenvalue weighted by Crippen LogP contribution is -2.11. The second-order valence-electron chi connectivity index (χ2n) is 7.64. The first kappa shape index (κ1) is 21.5. The van der Waals surface area contributed by atoms with E-state index in [4.69, 9.17) is 9.84 Å². The number of alkyl halides is 3. The first-order valence-corrected chi connectivity index (χ1v) is 9.95. The van der Waals surface area contributed by atoms with Gasteiger partial charge < -0.3 is 14.8 Å². The third-order valence-corrected chi connectivity index (χ3v) is 5.19. The molecule has 0 atom stereocenters. The van der Waals surface area contributed by atoms with Crippen LogP contribution in [0.5, 0.6) is 11.5 Å². The Labute approximate surface area is 182 Å². The van der Waals surface area contributed by atoms with Gasteiger partial charge in [-0.3, -0.25) is 4.79 Å². The average molecular weight is 439 g/mol. The van der Waals surface area contributed by atoms with E-state index in [1.165, 1.54) is 13.0 Å². The fourth-order valence-electron chi connectivity index (χ4n) is 3.77. The summed E-state index contributed by atoms with van der Waals surface area (Å²) in [6.45, 7) is 1.48. The molecule has 4 nitrogen and oxygen atoms in total. The van der Waals surface area contributed by atoms with E-state index in [0.29, 0.717) is 6.42 Å². The van der Waals surface area contributed by atoms with Gasteiger partial charge in [-0.25, -0.2) is 0 Å². The average Bonchev–Trinajstić information content (AvgIpc) is 3.11. The van der Waals surface area contributed by atoms with Crippen molar-refractivity contribution >= 4 is 16.9 Å². The number of benzene rings is 3. The smallest absolute Gasteiger partial charge is 0.420 e. The normalized spacial score (nSPS) is 11.6. The van der Waals surface area contributed by atoms with Crippen molar-refractivity contribution in [3.05, 3.63) is 94.7 Å². The van der Waals surface area contributed by atoms with E-state index in [-0.39, 0.29) is 22.6 Å². The number of aromatic amines is 1. The van der Waals surface area contributed by atoms with Crippen LogP contribution in [-0.2, 0) is 23.8 Å². The molecule has 4 aromatic rings. The van der Waals surface area contributed by atoms with Crippen LogP contribution in [-0.4, -0.2) is 16.1 Å². The Balaban J connectivity index is 1.71. The number of carboxylic acid groups (broad SMARTS) is 1. The lowest BCUT2D eigenvalue weighted by molar-refractivity contribution is -0.139. The number of carboxylic acids is 1. The minimum atomic E-state index is -4.69. The van der Waals surface area contributed by atoms with Crippen molar-refractivity contribution in [2.24, 2.45) is 0 Å². The highest BCUT2D eigenvalue weighted by Crippen LogP contribution is 2.41. The summed E-state index contributed by atoms with van der Waals surface area (Å²) in [5.74, 6) is -1.26. The van der Waals surface area contributed by atoms with Crippen LogP contribution in [0.15, 0.2) is 66.9 Å². The predicted octanol–water partition coefficient (Wildman–Crippen LogP) is 6.51. The number of ether oxygens (including phenoxy) is 1. The fourth-order valence-corrected chi connectivity index (χ4v) is 3.77. The topological polar surface area (TPSA) is 62.3 Å². The highest BCUT2D eigenvalue weighted by atomic mass is 19.4. The summed E-state index contributed by atoms with van der Waals surface area (Å²) in [7, 11) is 0. The zero-order chi connectivity index (χ0) is 22.9. The van der Waals surface area contributed by atoms with Crippen LogP contribution >= 0.6 is 0 Å². The van der Waals surface area contributed by atoms with Crippen molar-refractivity contribution < 1.29 is 27.8 Å². The molecule has 0 bridgehead atoms. The first-order chi connectivity index (χ1) is 15.2. The number of hydrogen-bond donors (Lipinski definition) is 2. The zero-order valence-electron chi connectivity index (χ0n) is 17.2. The van der Waals surface area contributed by atoms with Gasteiger partial charge in [0.2, 0.25) is 0 Å². The van der Waals surface area contributed by atoms with Crippen molar-refractivity contribution in [1.82, 2.24) is 4.98 Å². The van der Waals surface area contributed by atoms with Crippen molar-refractivity contribution in [2.45, 2.75) is 25.9 Å². The Morgan fingerprint density at radius 3 is 2.47 bits per heavy atom. The molecule has 32 heavy (non-hydrogen) atoms. The summed E-state index contributed by atoms with van der Waals surface area (Å²) in [5, 5.41) is 9.81. The third-order valence-electron chi connectivity index (χ3n) is 5.19. The van der Waals surface area contributed by atoms with Gasteiger partial charge in [-0.1, -0.05) is 36.4 Å². The maximum absolute atomic E-state index is 13.7. The second-order valence-corrected chi connectivity index (χ2v) is 7.64. The summed E-state index contributed by atoms with van der Waals surface area (Å²) >= 11 is 0. The van der Waals surface area contributed by atoms with Crippen molar-refractivity contribution in [3.63, 3.8) is 0 Å². The highest BCUT2D eigenvalue weighted by molar-refractivity contribution is 5.85. The summed E-state index contributed by atoms with van der Waals surface area (Å²) in [6.07, 6.45) is -2.64. The van der Waals surface area contributed by atoms with E-state index in [1.54, 1.807) is 18.2 Å². The summed E-state index contributed by atoms with van der Waals surface area (Å²) < 4.78 is 46.9. The van der Waals surface area contributed by atoms with Crippen molar-refractivity contribution in [2.75, 3.05) is 0 Å². The number of halogens is 3. The molecule has 164 valence electrons. The molecule has 0 aliphatic rings. The number of aryl methyl sites for hydroxylation is 1. The van der Waals surface area contributed by atoms with Crippen LogP contribution < -0.4 is 4.74 Å². The number of fused-ring (bicyclic) bond motifs is 1. The van der Waals surface area contributed by atoms with E-state index in [1.807, 2.05) is 36.5 Å². The Morgan fingerprint density at radius 2 is 1.78 bits per heavy atom. The molecule has 2 N–H and O–H groups in total. The molecule has 0 saturated carbocycles. The Bertz CT molecular complexity index is 1280. The maximum Gasteiger partial charge on any atom is 0.420 e. The number of carbonyl (C=O) groups is 1. The molecule has 0 amide bonds. The molecule has 0 fully saturated rings. The predicted molar refractivity (Wildman–Crippen MR) is 115 cm³/mol. The minimum absolute atomic E-state index is 0.0703. The van der Waals surface area contributed by atoms with Gasteiger partial charge in [0.25, 0.3) is 0 Å². The van der Waals surface area contributed by atoms with Crippen LogP contribution in [0.2, 0.25) is 0 Å². The van der Waals surface area contributed by atoms with Crippen molar-refractivity contribution in [3.8, 4) is 11.5 Å². The lowest BCUT2D eigenvalue weighted by Gasteiger charge is -2.18. The molecule has 1 aromatic heterocycles. The molecule has 0 radical (unpaired) electrons. The van der Waals surface area contributed by atoms with Gasteiger partial charge in [-0.05, 0) is 59.9 Å². The van der Waals surface area contributed by atoms with Crippen LogP contribution in [0.25, 0.3) is 10.9 Å². The Morgan fingerprint density at radius 1 is 1.03 bits per heavy atom. The standard InChI is InChI=1S/C25H20F3NO3/c1-15-9-17(12-23(30)31)11-21(25(26,27)28)24(15)32-19-7-8-22-20(13-19)18(14-29-22)10-16-5-3-2-4-6-16/h2-9,11,13-14,29H,10,12H2,1H3,(H,30,31). The SMILES string of the molecule is Cc1cc(CC(=O)O)cc(C(F)(F)F)c1Oc1ccc2[nH]cc(Cc3ccccc3)c2c1. The van der Waals surface area contributed by atoms with E-state index >= 15 is 0 Å². The van der Waals surface area contributed by atoms with Gasteiger partial charge in [0.05, 0.1) is 12.0 Å². The van der Waals surface area contributed by atoms with Gasteiger partial charge in [0, 0.05) is 17.1 Å². The molecule has 0 spiro atoms. The largest absolute Gasteiger partial charge is 0.481 e. The number of H-pyrrole nitrogens is 1. The molecular formula is C25H20F3NO3. The molecule has 0 aliphatic carbocycles. The van der Waals surface area contributed by atoms with E-state index in [0.717, 1.165) is 28.1 Å². The molecule has 0 unspecified atom stereocenters. The van der Waals surface area contributed by atoms with Gasteiger partial charge in [0.1, 0.15) is 11.5 Å². The number of hydrogen-bond acceptors (Lipinski definition) is 2. The van der Waals surface area contributed by atoms with Gasteiger partial charge in [-0.15, -0.1) is 0 Å². The zero-order valence-corrected chi connectivity index (χ0v) is 17.2. The van der Waals surface area contributed by atoms with Crippen LogP contribution in [0, 0.1) is 6.92 Å². The van der Waals surface area contributed by atoms with Crippen LogP contribution in [0.1, 0.15) is 27.8 Å². The number of aromatic nitrogens is 1. The lowest BCUT2D eigenvalue weighted by atomic mass is 10.0. The summed E-state index contributed by atoms with van der Waals surface area (Å²) in [4.78, 5) is 14.1. The Kier molecular flexibility index (Phi) is 5.65. The van der Waals surface area contributed by atoms with E-state index in [9.17, 15) is 18.0 Å². The molecule has 7 heteroatoms. The van der Waals surface area contributed by atoms with E-state index in [2.05, 4.69) is 4.98 Å². The molecule has 0 saturated heterocycles. The molecule has 1 heterocycles. The van der Waals surface area contributed by atoms with Gasteiger partial charge in [-0.2, -0.15) is 13.2 Å². The molecule has 0 aliphatic heterocycles. The van der Waals surface area contributed by atoms with Crippen molar-refractivity contribution in [1.29, 1.82) is 0 Å². The van der Waals surface area contributed by atoms with Crippen LogP contribution in [0.4, 0.5) is 13.2 Å². The minimum Gasteiger partial charge on any atom is -0.481 e. The molecule has 3 aromatic carbocycles. The summed E-state index contributed by atoms with van der Waals surface area (Å²) in [6, 6.07) is 17.2. The van der Waals surface area contributed by atoms with E-state index < -0.39 is 24.1 Å². The molecule has 4 rings (SSSR count). The Hall–Kier alpha value is -3.74. The third kappa shape index (κ3) is 4.61. The van der Waals surface area contributed by atoms with Gasteiger partial charge in [0.15, 0.2) is 0 Å². The van der Waals surface area contributed by atoms with Gasteiger partial charge >= 0.3 is 12.1 Å². The van der Waals surface area contributed by atoms with Crippen LogP contribution in [0.3, 0.4) is 0 Å². The molecular weight excluding hydrogens is 419 g/mol. The quantitative estimate of drug-likeness (QED) is 0.360. The summed E-state index contributed by atoms with van der Waals surface area (Å²) in [5.41, 5.74) is 2.26. The maximum atomic E-state index is 13.7. The first-order valence-electron chi connectivity index (χ1n) is 9.95. The second kappa shape index (κ2) is 8.42. The number of rotatable bonds is 6. The monoisotopic (exact) mass is 439 g/mol. The fraction of sp³-hybridized carbons (Fsp3) is 0.160. The number of nitrogens with one attached hydrogen (secondary N) is 1.